The van der Waals surface area contributed by atoms with Gasteiger partial charge < -0.3 is 9.88 Å². The highest BCUT2D eigenvalue weighted by Crippen LogP contribution is 2.25. The molecule has 2 aromatic heterocycles. The molecule has 0 saturated heterocycles. The number of nitrogens with one attached hydrogen (secondary N) is 2. The van der Waals surface area contributed by atoms with Crippen molar-refractivity contribution < 1.29 is 13.2 Å². The van der Waals surface area contributed by atoms with Crippen LogP contribution in [0.2, 0.25) is 0 Å². The van der Waals surface area contributed by atoms with Gasteiger partial charge in [-0.25, -0.2) is 13.4 Å². The van der Waals surface area contributed by atoms with E-state index in [-0.39, 0.29) is 10.8 Å². The van der Waals surface area contributed by atoms with Crippen LogP contribution in [0, 0.1) is 0 Å². The van der Waals surface area contributed by atoms with E-state index >= 15 is 0 Å². The van der Waals surface area contributed by atoms with E-state index in [1.807, 2.05) is 66.2 Å². The Bertz CT molecular complexity index is 1620. The Labute approximate surface area is 208 Å². The number of pyridine rings is 1. The first-order valence-electron chi connectivity index (χ1n) is 11.2. The van der Waals surface area contributed by atoms with E-state index in [2.05, 4.69) is 15.0 Å². The molecule has 5 rings (SSSR count). The summed E-state index contributed by atoms with van der Waals surface area (Å²) in [5.41, 5.74) is 3.41. The Morgan fingerprint density at radius 1 is 0.861 bits per heavy atom. The molecule has 0 aliphatic carbocycles. The number of rotatable bonds is 7. The van der Waals surface area contributed by atoms with Crippen LogP contribution in [-0.4, -0.2) is 28.9 Å². The van der Waals surface area contributed by atoms with Crippen molar-refractivity contribution in [1.82, 2.24) is 19.9 Å². The summed E-state index contributed by atoms with van der Waals surface area (Å²) in [5, 5.41) is 3.07. The quantitative estimate of drug-likeness (QED) is 0.349. The number of fused-ring (bicyclic) bond motifs is 1. The van der Waals surface area contributed by atoms with Gasteiger partial charge in [-0.15, -0.1) is 0 Å². The minimum absolute atomic E-state index is 0.0471. The summed E-state index contributed by atoms with van der Waals surface area (Å²) in [7, 11) is -1.89. The number of hydrogen-bond acceptors (Lipinski definition) is 5. The van der Waals surface area contributed by atoms with Crippen LogP contribution in [0.15, 0.2) is 108 Å². The molecule has 0 spiro atoms. The number of imidazole rings is 1. The number of amides is 1. The smallest absolute Gasteiger partial charge is 0.261 e. The normalized spacial score (nSPS) is 12.2. The number of sulfonamides is 1. The largest absolute Gasteiger partial charge is 0.338 e. The van der Waals surface area contributed by atoms with Crippen LogP contribution in [0.4, 0.5) is 5.69 Å². The first-order chi connectivity index (χ1) is 17.4. The minimum Gasteiger partial charge on any atom is -0.338 e. The number of anilines is 1. The molecule has 2 heterocycles. The zero-order valence-electron chi connectivity index (χ0n) is 19.4. The monoisotopic (exact) mass is 497 g/mol. The molecule has 0 bridgehead atoms. The molecule has 0 radical (unpaired) electrons. The van der Waals surface area contributed by atoms with Crippen molar-refractivity contribution >= 4 is 32.7 Å². The number of aromatic nitrogens is 3. The molecule has 1 atom stereocenters. The van der Waals surface area contributed by atoms with Crippen LogP contribution in [0.25, 0.3) is 11.0 Å². The molecule has 2 N–H and O–H groups in total. The molecule has 1 amide bonds. The van der Waals surface area contributed by atoms with Gasteiger partial charge in [-0.05, 0) is 54.1 Å². The van der Waals surface area contributed by atoms with Gasteiger partial charge in [0.1, 0.15) is 11.9 Å². The summed E-state index contributed by atoms with van der Waals surface area (Å²) in [6.07, 6.45) is 3.00. The lowest BCUT2D eigenvalue weighted by molar-refractivity contribution is 0.0941. The Morgan fingerprint density at radius 2 is 1.53 bits per heavy atom. The van der Waals surface area contributed by atoms with Crippen LogP contribution in [0.1, 0.15) is 27.8 Å². The van der Waals surface area contributed by atoms with Crippen LogP contribution < -0.4 is 10.0 Å². The van der Waals surface area contributed by atoms with Crippen molar-refractivity contribution in [3.8, 4) is 0 Å². The van der Waals surface area contributed by atoms with Gasteiger partial charge in [0.25, 0.3) is 15.9 Å². The fourth-order valence-electron chi connectivity index (χ4n) is 4.00. The molecule has 0 fully saturated rings. The van der Waals surface area contributed by atoms with Gasteiger partial charge in [0.15, 0.2) is 0 Å². The van der Waals surface area contributed by atoms with E-state index in [0.29, 0.717) is 17.1 Å². The number of para-hydroxylation sites is 2. The zero-order chi connectivity index (χ0) is 25.1. The van der Waals surface area contributed by atoms with Crippen molar-refractivity contribution in [1.29, 1.82) is 0 Å². The maximum absolute atomic E-state index is 13.3. The predicted octanol–water partition coefficient (Wildman–Crippen LogP) is 4.29. The highest BCUT2D eigenvalue weighted by atomic mass is 32.2. The zero-order valence-corrected chi connectivity index (χ0v) is 20.2. The van der Waals surface area contributed by atoms with E-state index < -0.39 is 16.1 Å². The fourth-order valence-corrected chi connectivity index (χ4v) is 5.06. The molecular weight excluding hydrogens is 474 g/mol. The summed E-state index contributed by atoms with van der Waals surface area (Å²) in [5.74, 6) is 0.346. The van der Waals surface area contributed by atoms with Crippen molar-refractivity contribution in [3.63, 3.8) is 0 Å². The summed E-state index contributed by atoms with van der Waals surface area (Å²) in [4.78, 5) is 22.0. The van der Waals surface area contributed by atoms with Gasteiger partial charge in [0, 0.05) is 25.0 Å². The maximum Gasteiger partial charge on any atom is 0.261 e. The van der Waals surface area contributed by atoms with Gasteiger partial charge in [0.2, 0.25) is 0 Å². The molecule has 8 nitrogen and oxygen atoms in total. The second-order valence-electron chi connectivity index (χ2n) is 8.20. The molecule has 9 heteroatoms. The van der Waals surface area contributed by atoms with Gasteiger partial charge in [-0.3, -0.25) is 14.5 Å². The second-order valence-corrected chi connectivity index (χ2v) is 9.88. The molecule has 0 saturated carbocycles. The molecule has 36 heavy (non-hydrogen) atoms. The highest BCUT2D eigenvalue weighted by molar-refractivity contribution is 7.92. The van der Waals surface area contributed by atoms with Gasteiger partial charge >= 0.3 is 0 Å². The van der Waals surface area contributed by atoms with Crippen molar-refractivity contribution in [2.75, 3.05) is 4.72 Å². The average Bonchev–Trinajstić information content (AvgIpc) is 3.24. The third-order valence-electron chi connectivity index (χ3n) is 5.85. The molecule has 3 aromatic carbocycles. The number of carbonyl (C=O) groups excluding carboxylic acids is 1. The van der Waals surface area contributed by atoms with Gasteiger partial charge in [-0.1, -0.05) is 42.5 Å². The number of nitrogens with zero attached hydrogens (tertiary/aromatic N) is 3. The molecule has 0 aliphatic heterocycles. The topological polar surface area (TPSA) is 106 Å². The maximum atomic E-state index is 13.3. The molecule has 0 aliphatic rings. The minimum atomic E-state index is -3.81. The lowest BCUT2D eigenvalue weighted by atomic mass is 10.1. The average molecular weight is 498 g/mol. The van der Waals surface area contributed by atoms with Gasteiger partial charge in [0.05, 0.1) is 21.6 Å². The molecule has 180 valence electrons. The SMILES string of the molecule is Cn1c(C(NC(=O)c2ccc(S(=O)(=O)Nc3ccncc3)cc2)c2ccccc2)nc2ccccc21. The van der Waals surface area contributed by atoms with Crippen LogP contribution in [0.5, 0.6) is 0 Å². The van der Waals surface area contributed by atoms with E-state index in [9.17, 15) is 13.2 Å². The number of benzene rings is 3. The number of aryl methyl sites for hydroxylation is 1. The van der Waals surface area contributed by atoms with Crippen molar-refractivity contribution in [3.05, 3.63) is 120 Å². The van der Waals surface area contributed by atoms with E-state index in [4.69, 9.17) is 4.98 Å². The molecular formula is C27H23N5O3S. The first kappa shape index (κ1) is 23.3. The standard InChI is InChI=1S/C27H23N5O3S/c1-32-24-10-6-5-9-23(24)29-26(32)25(19-7-3-2-4-8-19)30-27(33)20-11-13-22(14-12-20)36(34,35)31-21-15-17-28-18-16-21/h2-18,25H,1H3,(H,28,31)(H,30,33). The summed E-state index contributed by atoms with van der Waals surface area (Å²) in [6, 6.07) is 25.8. The number of hydrogen-bond donors (Lipinski definition) is 2. The van der Waals surface area contributed by atoms with Crippen LogP contribution in [0.3, 0.4) is 0 Å². The third-order valence-corrected chi connectivity index (χ3v) is 7.24. The summed E-state index contributed by atoms with van der Waals surface area (Å²) < 4.78 is 29.9. The Morgan fingerprint density at radius 3 is 2.22 bits per heavy atom. The van der Waals surface area contributed by atoms with Crippen LogP contribution >= 0.6 is 0 Å². The lowest BCUT2D eigenvalue weighted by Crippen LogP contribution is -2.31. The van der Waals surface area contributed by atoms with Gasteiger partial charge in [-0.2, -0.15) is 0 Å². The molecule has 5 aromatic rings. The summed E-state index contributed by atoms with van der Waals surface area (Å²) >= 11 is 0. The van der Waals surface area contributed by atoms with E-state index in [1.54, 1.807) is 12.1 Å². The van der Waals surface area contributed by atoms with Crippen molar-refractivity contribution in [2.24, 2.45) is 7.05 Å². The lowest BCUT2D eigenvalue weighted by Gasteiger charge is -2.19. The van der Waals surface area contributed by atoms with Crippen LogP contribution in [-0.2, 0) is 17.1 Å². The van der Waals surface area contributed by atoms with Crippen molar-refractivity contribution in [2.45, 2.75) is 10.9 Å². The Hall–Kier alpha value is -4.50. The fraction of sp³-hybridized carbons (Fsp3) is 0.0741. The Kier molecular flexibility index (Phi) is 6.22. The van der Waals surface area contributed by atoms with E-state index in [0.717, 1.165) is 16.6 Å². The number of carbonyl (C=O) groups is 1. The van der Waals surface area contributed by atoms with E-state index in [1.165, 1.54) is 36.7 Å². The highest BCUT2D eigenvalue weighted by Gasteiger charge is 2.23. The summed E-state index contributed by atoms with van der Waals surface area (Å²) in [6.45, 7) is 0. The predicted molar refractivity (Wildman–Crippen MR) is 138 cm³/mol. The molecule has 1 unspecified atom stereocenters. The Balaban J connectivity index is 1.42. The third kappa shape index (κ3) is 4.69. The first-order valence-corrected chi connectivity index (χ1v) is 12.7. The second kappa shape index (κ2) is 9.63.